The summed E-state index contributed by atoms with van der Waals surface area (Å²) in [5.41, 5.74) is 8.21. The van der Waals surface area contributed by atoms with Gasteiger partial charge in [-0.3, -0.25) is 0 Å². The summed E-state index contributed by atoms with van der Waals surface area (Å²) < 4.78 is 0. The lowest BCUT2D eigenvalue weighted by Gasteiger charge is -2.18. The predicted molar refractivity (Wildman–Crippen MR) is 62.8 cm³/mol. The molecule has 15 heavy (non-hydrogen) atoms. The fraction of sp³-hybridized carbons (Fsp3) is 0.667. The molecule has 0 spiro atoms. The third kappa shape index (κ3) is 2.99. The van der Waals surface area contributed by atoms with Crippen molar-refractivity contribution in [3.63, 3.8) is 0 Å². The second kappa shape index (κ2) is 5.21. The first-order chi connectivity index (χ1) is 7.08. The molecule has 0 saturated heterocycles. The molecule has 0 bridgehead atoms. The molecule has 1 heterocycles. The largest absolute Gasteiger partial charge is 0.327 e. The second-order valence-corrected chi connectivity index (χ2v) is 4.05. The second-order valence-electron chi connectivity index (χ2n) is 4.05. The van der Waals surface area contributed by atoms with E-state index in [1.54, 1.807) is 0 Å². The molecule has 0 aliphatic heterocycles. The highest BCUT2D eigenvalue weighted by Gasteiger charge is 2.15. The van der Waals surface area contributed by atoms with Crippen molar-refractivity contribution in [3.8, 4) is 0 Å². The van der Waals surface area contributed by atoms with E-state index in [2.05, 4.69) is 36.8 Å². The molecule has 0 fully saturated rings. The Morgan fingerprint density at radius 1 is 1.33 bits per heavy atom. The fourth-order valence-corrected chi connectivity index (χ4v) is 1.64. The van der Waals surface area contributed by atoms with Crippen LogP contribution in [-0.4, -0.2) is 16.0 Å². The monoisotopic (exact) mass is 207 g/mol. The highest BCUT2D eigenvalue weighted by molar-refractivity contribution is 5.16. The summed E-state index contributed by atoms with van der Waals surface area (Å²) >= 11 is 0. The number of nitrogens with two attached hydrogens (primary N) is 1. The first kappa shape index (κ1) is 12.1. The van der Waals surface area contributed by atoms with E-state index in [-0.39, 0.29) is 6.04 Å². The maximum absolute atomic E-state index is 6.03. The molecule has 3 nitrogen and oxygen atoms in total. The summed E-state index contributed by atoms with van der Waals surface area (Å²) in [6.07, 6.45) is 1.93. The Morgan fingerprint density at radius 2 is 2.00 bits per heavy atom. The quantitative estimate of drug-likeness (QED) is 0.823. The Bertz CT molecular complexity index is 323. The maximum Gasteiger partial charge on any atom is 0.125 e. The highest BCUT2D eigenvalue weighted by Crippen LogP contribution is 2.18. The van der Waals surface area contributed by atoms with Crippen molar-refractivity contribution >= 4 is 0 Å². The molecular weight excluding hydrogens is 186 g/mol. The van der Waals surface area contributed by atoms with Crippen LogP contribution in [0.25, 0.3) is 0 Å². The molecule has 1 aromatic rings. The molecule has 3 heteroatoms. The van der Waals surface area contributed by atoms with Crippen LogP contribution in [-0.2, 0) is 6.42 Å². The van der Waals surface area contributed by atoms with E-state index in [4.69, 9.17) is 5.73 Å². The van der Waals surface area contributed by atoms with Gasteiger partial charge in [-0.2, -0.15) is 0 Å². The van der Waals surface area contributed by atoms with Crippen LogP contribution in [0.5, 0.6) is 0 Å². The number of rotatable bonds is 4. The van der Waals surface area contributed by atoms with E-state index < -0.39 is 0 Å². The summed E-state index contributed by atoms with van der Waals surface area (Å²) in [5, 5.41) is 0. The minimum Gasteiger partial charge on any atom is -0.327 e. The zero-order chi connectivity index (χ0) is 11.4. The van der Waals surface area contributed by atoms with Gasteiger partial charge in [0.25, 0.3) is 0 Å². The lowest BCUT2D eigenvalue weighted by Crippen LogP contribution is -2.26. The van der Waals surface area contributed by atoms with Crippen molar-refractivity contribution in [3.05, 3.63) is 23.3 Å². The van der Waals surface area contributed by atoms with E-state index in [1.807, 2.05) is 6.92 Å². The van der Waals surface area contributed by atoms with Crippen LogP contribution in [0.15, 0.2) is 6.07 Å². The highest BCUT2D eigenvalue weighted by atomic mass is 14.9. The molecule has 1 aromatic heterocycles. The van der Waals surface area contributed by atoms with Gasteiger partial charge in [-0.25, -0.2) is 9.97 Å². The van der Waals surface area contributed by atoms with Crippen LogP contribution >= 0.6 is 0 Å². The topological polar surface area (TPSA) is 51.8 Å². The Labute approximate surface area is 92.1 Å². The SMILES string of the molecule is CCc1cc(C(C)C(N)CC)nc(C)n1. The number of aromatic nitrogens is 2. The average molecular weight is 207 g/mol. The van der Waals surface area contributed by atoms with Crippen molar-refractivity contribution in [2.24, 2.45) is 5.73 Å². The molecule has 2 unspecified atom stereocenters. The lowest BCUT2D eigenvalue weighted by molar-refractivity contribution is 0.537. The Hall–Kier alpha value is -0.960. The van der Waals surface area contributed by atoms with E-state index >= 15 is 0 Å². The molecule has 0 amide bonds. The molecule has 0 aliphatic rings. The molecule has 2 atom stereocenters. The molecule has 1 rings (SSSR count). The van der Waals surface area contributed by atoms with Gasteiger partial charge in [0.2, 0.25) is 0 Å². The summed E-state index contributed by atoms with van der Waals surface area (Å²) in [6.45, 7) is 8.29. The predicted octanol–water partition coefficient (Wildman–Crippen LogP) is 2.19. The van der Waals surface area contributed by atoms with Crippen LogP contribution in [0.2, 0.25) is 0 Å². The van der Waals surface area contributed by atoms with Gasteiger partial charge in [0.1, 0.15) is 5.82 Å². The Kier molecular flexibility index (Phi) is 4.21. The van der Waals surface area contributed by atoms with Crippen molar-refractivity contribution in [1.29, 1.82) is 0 Å². The van der Waals surface area contributed by atoms with Crippen LogP contribution in [0.4, 0.5) is 0 Å². The standard InChI is InChI=1S/C12H21N3/c1-5-10-7-12(15-9(4)14-10)8(3)11(13)6-2/h7-8,11H,5-6,13H2,1-4H3. The van der Waals surface area contributed by atoms with Crippen molar-refractivity contribution in [2.45, 2.75) is 52.5 Å². The maximum atomic E-state index is 6.03. The summed E-state index contributed by atoms with van der Waals surface area (Å²) in [5.74, 6) is 1.15. The van der Waals surface area contributed by atoms with Gasteiger partial charge in [0, 0.05) is 23.3 Å². The summed E-state index contributed by atoms with van der Waals surface area (Å²) in [4.78, 5) is 8.83. The zero-order valence-electron chi connectivity index (χ0n) is 10.1. The van der Waals surface area contributed by atoms with E-state index in [1.165, 1.54) is 0 Å². The Morgan fingerprint density at radius 3 is 2.53 bits per heavy atom. The number of aryl methyl sites for hydroxylation is 2. The fourth-order valence-electron chi connectivity index (χ4n) is 1.64. The Balaban J connectivity index is 2.97. The number of hydrogen-bond acceptors (Lipinski definition) is 3. The van der Waals surface area contributed by atoms with Gasteiger partial charge in [-0.15, -0.1) is 0 Å². The van der Waals surface area contributed by atoms with Crippen molar-refractivity contribution in [2.75, 3.05) is 0 Å². The van der Waals surface area contributed by atoms with Crippen LogP contribution in [0.1, 0.15) is 50.3 Å². The minimum absolute atomic E-state index is 0.184. The van der Waals surface area contributed by atoms with E-state index in [9.17, 15) is 0 Å². The number of hydrogen-bond donors (Lipinski definition) is 1. The lowest BCUT2D eigenvalue weighted by atomic mass is 9.96. The molecule has 0 saturated carbocycles. The van der Waals surface area contributed by atoms with Gasteiger partial charge < -0.3 is 5.73 Å². The van der Waals surface area contributed by atoms with Crippen LogP contribution < -0.4 is 5.73 Å². The third-order valence-electron chi connectivity index (χ3n) is 2.85. The first-order valence-corrected chi connectivity index (χ1v) is 5.68. The van der Waals surface area contributed by atoms with Crippen LogP contribution in [0.3, 0.4) is 0 Å². The van der Waals surface area contributed by atoms with E-state index in [0.717, 1.165) is 30.1 Å². The van der Waals surface area contributed by atoms with Gasteiger partial charge in [-0.05, 0) is 25.8 Å². The minimum atomic E-state index is 0.184. The normalized spacial score (nSPS) is 15.0. The average Bonchev–Trinajstić information content (AvgIpc) is 2.26. The molecule has 2 N–H and O–H groups in total. The van der Waals surface area contributed by atoms with Gasteiger partial charge in [-0.1, -0.05) is 20.8 Å². The molecule has 0 aliphatic carbocycles. The first-order valence-electron chi connectivity index (χ1n) is 5.68. The van der Waals surface area contributed by atoms with Gasteiger partial charge in [0.05, 0.1) is 0 Å². The van der Waals surface area contributed by atoms with Crippen molar-refractivity contribution < 1.29 is 0 Å². The number of nitrogens with zero attached hydrogens (tertiary/aromatic N) is 2. The van der Waals surface area contributed by atoms with E-state index in [0.29, 0.717) is 5.92 Å². The van der Waals surface area contributed by atoms with Gasteiger partial charge in [0.15, 0.2) is 0 Å². The zero-order valence-corrected chi connectivity index (χ0v) is 10.1. The van der Waals surface area contributed by atoms with Crippen LogP contribution in [0, 0.1) is 6.92 Å². The smallest absolute Gasteiger partial charge is 0.125 e. The van der Waals surface area contributed by atoms with Crippen molar-refractivity contribution in [1.82, 2.24) is 9.97 Å². The molecule has 0 radical (unpaired) electrons. The summed E-state index contributed by atoms with van der Waals surface area (Å²) in [7, 11) is 0. The summed E-state index contributed by atoms with van der Waals surface area (Å²) in [6, 6.07) is 2.26. The third-order valence-corrected chi connectivity index (χ3v) is 2.85. The molecule has 0 aromatic carbocycles. The van der Waals surface area contributed by atoms with Gasteiger partial charge >= 0.3 is 0 Å². The molecule has 84 valence electrons. The molecular formula is C12H21N3.